The van der Waals surface area contributed by atoms with Crippen LogP contribution in [-0.2, 0) is 6.54 Å². The minimum Gasteiger partial charge on any atom is -0.310 e. The summed E-state index contributed by atoms with van der Waals surface area (Å²) in [7, 11) is 3.63. The van der Waals surface area contributed by atoms with Crippen molar-refractivity contribution in [2.75, 3.05) is 13.1 Å². The molecule has 1 saturated heterocycles. The topological polar surface area (TPSA) is 15.3 Å². The highest BCUT2D eigenvalue weighted by Crippen LogP contribution is 2.28. The molecule has 2 nitrogen and oxygen atoms in total. The van der Waals surface area contributed by atoms with Gasteiger partial charge in [-0.2, -0.15) is 0 Å². The largest absolute Gasteiger partial charge is 0.310 e. The molecule has 0 spiro atoms. The van der Waals surface area contributed by atoms with E-state index in [-0.39, 0.29) is 0 Å². The Morgan fingerprint density at radius 2 is 2.14 bits per heavy atom. The van der Waals surface area contributed by atoms with Gasteiger partial charge in [0.15, 0.2) is 0 Å². The van der Waals surface area contributed by atoms with E-state index in [0.717, 1.165) is 25.1 Å². The van der Waals surface area contributed by atoms with Crippen LogP contribution < -0.4 is 5.32 Å². The van der Waals surface area contributed by atoms with Gasteiger partial charge in [-0.05, 0) is 36.0 Å². The highest BCUT2D eigenvalue weighted by molar-refractivity contribution is 7.21. The third-order valence-corrected chi connectivity index (χ3v) is 4.69. The Hall–Kier alpha value is -0.950. The van der Waals surface area contributed by atoms with E-state index in [1.807, 2.05) is 6.08 Å². The van der Waals surface area contributed by atoms with Crippen molar-refractivity contribution in [1.29, 1.82) is 0 Å². The molecular weight excluding hydrogens is 275 g/mol. The first kappa shape index (κ1) is 16.4. The normalized spacial score (nSPS) is 17.1. The maximum Gasteiger partial charge on any atom is 0.0368 e. The van der Waals surface area contributed by atoms with Gasteiger partial charge in [0, 0.05) is 31.1 Å². The van der Waals surface area contributed by atoms with Crippen molar-refractivity contribution in [3.63, 3.8) is 0 Å². The van der Waals surface area contributed by atoms with Crippen LogP contribution in [0.3, 0.4) is 0 Å². The lowest BCUT2D eigenvalue weighted by Gasteiger charge is -2.32. The zero-order valence-electron chi connectivity index (χ0n) is 13.2. The van der Waals surface area contributed by atoms with Crippen LogP contribution in [0.25, 0.3) is 0 Å². The second-order valence-electron chi connectivity index (χ2n) is 6.13. The van der Waals surface area contributed by atoms with Crippen molar-refractivity contribution in [2.45, 2.75) is 45.2 Å². The molecule has 114 valence electrons. The van der Waals surface area contributed by atoms with Gasteiger partial charge >= 0.3 is 0 Å². The van der Waals surface area contributed by atoms with E-state index >= 15 is 0 Å². The minimum absolute atomic E-state index is 0.531. The molecule has 2 rings (SSSR count). The van der Waals surface area contributed by atoms with Crippen molar-refractivity contribution >= 4 is 14.3 Å². The summed E-state index contributed by atoms with van der Waals surface area (Å²) in [4.78, 5) is 2.37. The third kappa shape index (κ3) is 4.78. The number of nitrogens with zero attached hydrogens (tertiary/aromatic N) is 1. The van der Waals surface area contributed by atoms with Gasteiger partial charge in [-0.15, -0.1) is 8.86 Å². The summed E-state index contributed by atoms with van der Waals surface area (Å²) in [5.41, 5.74) is 4.00. The fraction of sp³-hybridized carbons (Fsp3) is 0.500. The Balaban J connectivity index is 1.95. The lowest BCUT2D eigenvalue weighted by molar-refractivity contribution is 0.318. The van der Waals surface area contributed by atoms with E-state index in [4.69, 9.17) is 0 Å². The molecule has 1 aromatic rings. The number of hydrogen-bond donors (Lipinski definition) is 1. The molecule has 1 N–H and O–H groups in total. The zero-order chi connectivity index (χ0) is 15.2. The van der Waals surface area contributed by atoms with E-state index in [0.29, 0.717) is 12.0 Å². The summed E-state index contributed by atoms with van der Waals surface area (Å²) >= 11 is 0. The Kier molecular flexibility index (Phi) is 6.17. The summed E-state index contributed by atoms with van der Waals surface area (Å²) in [6.07, 6.45) is 4.31. The molecule has 0 aliphatic carbocycles. The zero-order valence-corrected chi connectivity index (χ0v) is 14.2. The monoisotopic (exact) mass is 302 g/mol. The molecule has 0 atom stereocenters. The molecule has 0 unspecified atom stereocenters. The molecule has 0 aromatic heterocycles. The Morgan fingerprint density at radius 1 is 1.43 bits per heavy atom. The highest BCUT2D eigenvalue weighted by Gasteiger charge is 2.21. The van der Waals surface area contributed by atoms with Gasteiger partial charge in [0.25, 0.3) is 0 Å². The molecule has 1 fully saturated rings. The van der Waals surface area contributed by atoms with Crippen LogP contribution in [-0.4, -0.2) is 29.4 Å². The van der Waals surface area contributed by atoms with Gasteiger partial charge in [-0.25, -0.2) is 0 Å². The number of rotatable bonds is 6. The lowest BCUT2D eigenvalue weighted by atomic mass is 9.88. The average molecular weight is 302 g/mol. The summed E-state index contributed by atoms with van der Waals surface area (Å²) in [5.74, 6) is 0.685. The van der Waals surface area contributed by atoms with Crippen LogP contribution in [0, 0.1) is 0 Å². The molecule has 0 saturated carbocycles. The van der Waals surface area contributed by atoms with Crippen molar-refractivity contribution in [2.24, 2.45) is 0 Å². The molecule has 1 heterocycles. The fourth-order valence-corrected chi connectivity index (χ4v) is 3.09. The van der Waals surface area contributed by atoms with E-state index in [2.05, 4.69) is 63.8 Å². The average Bonchev–Trinajstić information content (AvgIpc) is 2.52. The van der Waals surface area contributed by atoms with Crippen LogP contribution in [0.15, 0.2) is 36.9 Å². The third-order valence-electron chi connectivity index (χ3n) is 4.17. The Morgan fingerprint density at radius 3 is 2.76 bits per heavy atom. The number of likely N-dealkylation sites (tertiary alicyclic amines) is 1. The molecule has 21 heavy (non-hydrogen) atoms. The molecule has 1 aromatic carbocycles. The first-order valence-electron chi connectivity index (χ1n) is 7.88. The summed E-state index contributed by atoms with van der Waals surface area (Å²) in [6, 6.07) is 9.61. The quantitative estimate of drug-likeness (QED) is 0.804. The summed E-state index contributed by atoms with van der Waals surface area (Å²) in [5, 5.41) is 3.49. The lowest BCUT2D eigenvalue weighted by Crippen LogP contribution is -2.35. The van der Waals surface area contributed by atoms with E-state index in [1.54, 1.807) is 0 Å². The van der Waals surface area contributed by atoms with Gasteiger partial charge in [-0.1, -0.05) is 44.7 Å². The highest BCUT2D eigenvalue weighted by atomic mass is 31.0. The maximum absolute atomic E-state index is 3.82. The van der Waals surface area contributed by atoms with Crippen molar-refractivity contribution in [1.82, 2.24) is 10.2 Å². The number of nitrogens with one attached hydrogen (secondary N) is 1. The Bertz CT molecular complexity index is 488. The smallest absolute Gasteiger partial charge is 0.0368 e. The molecule has 1 aliphatic heterocycles. The molecular formula is C18H27N2P. The molecule has 0 radical (unpaired) electrons. The fourth-order valence-electron chi connectivity index (χ4n) is 2.86. The van der Waals surface area contributed by atoms with Gasteiger partial charge in [0.05, 0.1) is 0 Å². The SMILES string of the molecule is C=CC(=P)N1CCC(c2cccc(CNC(C)C)c2)CC1. The molecule has 1 aliphatic rings. The van der Waals surface area contributed by atoms with Gasteiger partial charge < -0.3 is 5.32 Å². The predicted octanol–water partition coefficient (Wildman–Crippen LogP) is 3.82. The number of benzene rings is 1. The van der Waals surface area contributed by atoms with Crippen LogP contribution in [0.1, 0.15) is 43.7 Å². The Labute approximate surface area is 131 Å². The first-order valence-corrected chi connectivity index (χ1v) is 8.38. The number of hydrogen-bond acceptors (Lipinski definition) is 1. The van der Waals surface area contributed by atoms with Gasteiger partial charge in [-0.3, -0.25) is 4.90 Å². The van der Waals surface area contributed by atoms with Crippen LogP contribution in [0.2, 0.25) is 0 Å². The second kappa shape index (κ2) is 7.89. The maximum atomic E-state index is 3.82. The van der Waals surface area contributed by atoms with Gasteiger partial charge in [0.2, 0.25) is 0 Å². The van der Waals surface area contributed by atoms with E-state index in [1.165, 1.54) is 24.0 Å². The van der Waals surface area contributed by atoms with Crippen molar-refractivity contribution in [3.05, 3.63) is 48.0 Å². The standard InChI is InChI=1S/C18H27N2P/c1-4-18(21)20-10-8-16(9-11-20)17-7-5-6-15(12-17)13-19-14(2)3/h4-7,12,14,16,19,21H,1,8-11,13H2,2-3H3. The van der Waals surface area contributed by atoms with Crippen LogP contribution >= 0.6 is 8.86 Å². The summed E-state index contributed by atoms with van der Waals surface area (Å²) < 4.78 is 0. The number of piperidine rings is 1. The summed E-state index contributed by atoms with van der Waals surface area (Å²) in [6.45, 7) is 11.4. The molecule has 0 bridgehead atoms. The molecule has 3 heteroatoms. The predicted molar refractivity (Wildman–Crippen MR) is 95.5 cm³/mol. The molecule has 0 amide bonds. The van der Waals surface area contributed by atoms with Crippen LogP contribution in [0.4, 0.5) is 0 Å². The van der Waals surface area contributed by atoms with Gasteiger partial charge in [0.1, 0.15) is 0 Å². The van der Waals surface area contributed by atoms with Crippen molar-refractivity contribution in [3.8, 4) is 0 Å². The van der Waals surface area contributed by atoms with E-state index < -0.39 is 0 Å². The first-order chi connectivity index (χ1) is 10.1. The van der Waals surface area contributed by atoms with E-state index in [9.17, 15) is 0 Å². The van der Waals surface area contributed by atoms with Crippen LogP contribution in [0.5, 0.6) is 0 Å². The minimum atomic E-state index is 0.531. The second-order valence-corrected chi connectivity index (χ2v) is 6.64. The van der Waals surface area contributed by atoms with Crippen molar-refractivity contribution < 1.29 is 0 Å².